The van der Waals surface area contributed by atoms with Crippen molar-refractivity contribution in [3.63, 3.8) is 0 Å². The first-order valence-electron chi connectivity index (χ1n) is 10.3. The predicted molar refractivity (Wildman–Crippen MR) is 112 cm³/mol. The van der Waals surface area contributed by atoms with Gasteiger partial charge in [-0.25, -0.2) is 4.98 Å². The summed E-state index contributed by atoms with van der Waals surface area (Å²) in [6.45, 7) is 3.55. The lowest BCUT2D eigenvalue weighted by atomic mass is 9.96. The largest absolute Gasteiger partial charge is 0.356 e. The molecule has 1 amide bonds. The van der Waals surface area contributed by atoms with Gasteiger partial charge in [0, 0.05) is 26.1 Å². The first-order chi connectivity index (χ1) is 13.8. The number of aryl methyl sites for hydroxylation is 1. The third kappa shape index (κ3) is 4.78. The minimum absolute atomic E-state index is 0.101. The molecule has 5 heteroatoms. The van der Waals surface area contributed by atoms with E-state index in [1.807, 2.05) is 30.3 Å². The molecule has 2 aromatic carbocycles. The number of hydrogen-bond donors (Lipinski definition) is 2. The Morgan fingerprint density at radius 1 is 1.14 bits per heavy atom. The quantitative estimate of drug-likeness (QED) is 0.620. The van der Waals surface area contributed by atoms with Gasteiger partial charge in [0.25, 0.3) is 0 Å². The number of carbonyl (C=O) groups excluding carboxylic acids is 1. The second-order valence-electron chi connectivity index (χ2n) is 7.66. The van der Waals surface area contributed by atoms with Crippen LogP contribution in [-0.2, 0) is 17.8 Å². The summed E-state index contributed by atoms with van der Waals surface area (Å²) >= 11 is 0. The maximum atomic E-state index is 12.6. The van der Waals surface area contributed by atoms with Crippen LogP contribution >= 0.6 is 0 Å². The number of benzene rings is 2. The van der Waals surface area contributed by atoms with Gasteiger partial charge in [-0.1, -0.05) is 42.5 Å². The Bertz CT molecular complexity index is 872. The number of hydrogen-bond acceptors (Lipinski definition) is 3. The molecule has 1 atom stereocenters. The van der Waals surface area contributed by atoms with Gasteiger partial charge >= 0.3 is 0 Å². The number of fused-ring (bicyclic) bond motifs is 1. The highest BCUT2D eigenvalue weighted by atomic mass is 16.1. The molecule has 2 N–H and O–H groups in total. The zero-order valence-electron chi connectivity index (χ0n) is 16.2. The van der Waals surface area contributed by atoms with Gasteiger partial charge in [0.05, 0.1) is 17.0 Å². The summed E-state index contributed by atoms with van der Waals surface area (Å²) in [6, 6.07) is 18.6. The minimum Gasteiger partial charge on any atom is -0.356 e. The van der Waals surface area contributed by atoms with Crippen molar-refractivity contribution < 1.29 is 4.79 Å². The maximum Gasteiger partial charge on any atom is 0.224 e. The average molecular weight is 377 g/mol. The van der Waals surface area contributed by atoms with Gasteiger partial charge < -0.3 is 10.3 Å². The van der Waals surface area contributed by atoms with Crippen LogP contribution in [0.2, 0.25) is 0 Å². The van der Waals surface area contributed by atoms with Crippen molar-refractivity contribution in [3.05, 3.63) is 66.0 Å². The molecule has 146 valence electrons. The average Bonchev–Trinajstić information content (AvgIpc) is 3.15. The first kappa shape index (κ1) is 18.7. The van der Waals surface area contributed by atoms with Crippen LogP contribution in [-0.4, -0.2) is 40.4 Å². The monoisotopic (exact) mass is 376 g/mol. The number of H-pyrrole nitrogens is 1. The summed E-state index contributed by atoms with van der Waals surface area (Å²) in [4.78, 5) is 22.9. The van der Waals surface area contributed by atoms with E-state index in [1.54, 1.807) is 0 Å². The first-order valence-corrected chi connectivity index (χ1v) is 10.3. The number of carbonyl (C=O) groups is 1. The lowest BCUT2D eigenvalue weighted by Gasteiger charge is -2.32. The summed E-state index contributed by atoms with van der Waals surface area (Å²) in [5.41, 5.74) is 3.39. The van der Waals surface area contributed by atoms with Crippen molar-refractivity contribution in [2.24, 2.45) is 5.92 Å². The molecule has 1 aliphatic rings. The van der Waals surface area contributed by atoms with Crippen LogP contribution in [0.25, 0.3) is 11.0 Å². The molecule has 1 aliphatic heterocycles. The fourth-order valence-corrected chi connectivity index (χ4v) is 3.99. The van der Waals surface area contributed by atoms with Crippen molar-refractivity contribution in [2.75, 3.05) is 19.6 Å². The van der Waals surface area contributed by atoms with Gasteiger partial charge in [-0.3, -0.25) is 9.69 Å². The number of piperidine rings is 1. The number of rotatable bonds is 7. The molecule has 5 nitrogen and oxygen atoms in total. The van der Waals surface area contributed by atoms with Crippen molar-refractivity contribution in [1.82, 2.24) is 20.2 Å². The molecule has 3 aromatic rings. The summed E-state index contributed by atoms with van der Waals surface area (Å²) < 4.78 is 0. The Morgan fingerprint density at radius 2 is 1.96 bits per heavy atom. The highest BCUT2D eigenvalue weighted by molar-refractivity contribution is 5.79. The van der Waals surface area contributed by atoms with Gasteiger partial charge in [0.2, 0.25) is 5.91 Å². The lowest BCUT2D eigenvalue weighted by molar-refractivity contribution is -0.126. The second-order valence-corrected chi connectivity index (χ2v) is 7.66. The van der Waals surface area contributed by atoms with Crippen LogP contribution in [0.4, 0.5) is 0 Å². The van der Waals surface area contributed by atoms with E-state index in [-0.39, 0.29) is 11.8 Å². The number of nitrogens with zero attached hydrogens (tertiary/aromatic N) is 2. The number of aromatic amines is 1. The van der Waals surface area contributed by atoms with Crippen molar-refractivity contribution in [1.29, 1.82) is 0 Å². The highest BCUT2D eigenvalue weighted by Gasteiger charge is 2.25. The fourth-order valence-electron chi connectivity index (χ4n) is 3.99. The van der Waals surface area contributed by atoms with E-state index in [1.165, 1.54) is 5.56 Å². The number of para-hydroxylation sites is 2. The standard InChI is InChI=1S/C23H28N4O/c28-23(19-10-7-15-27(17-19)16-18-8-2-1-3-9-18)24-14-6-13-22-25-20-11-4-5-12-21(20)26-22/h1-5,8-9,11-12,19H,6-7,10,13-17H2,(H,24,28)(H,25,26)/t19-/m0/s1. The van der Waals surface area contributed by atoms with E-state index in [2.05, 4.69) is 44.5 Å². The molecule has 0 aliphatic carbocycles. The van der Waals surface area contributed by atoms with E-state index < -0.39 is 0 Å². The third-order valence-electron chi connectivity index (χ3n) is 5.45. The smallest absolute Gasteiger partial charge is 0.224 e. The van der Waals surface area contributed by atoms with E-state index >= 15 is 0 Å². The molecule has 1 saturated heterocycles. The zero-order valence-corrected chi connectivity index (χ0v) is 16.2. The number of imidazole rings is 1. The molecule has 1 fully saturated rings. The third-order valence-corrected chi connectivity index (χ3v) is 5.45. The van der Waals surface area contributed by atoms with Crippen LogP contribution in [0.15, 0.2) is 54.6 Å². The van der Waals surface area contributed by atoms with Gasteiger partial charge in [-0.05, 0) is 43.5 Å². The molecule has 0 spiro atoms. The summed E-state index contributed by atoms with van der Waals surface area (Å²) in [7, 11) is 0. The maximum absolute atomic E-state index is 12.6. The molecule has 4 rings (SSSR count). The van der Waals surface area contributed by atoms with Crippen LogP contribution in [0.3, 0.4) is 0 Å². The van der Waals surface area contributed by atoms with Gasteiger partial charge in [0.1, 0.15) is 5.82 Å². The van der Waals surface area contributed by atoms with E-state index in [9.17, 15) is 4.79 Å². The Morgan fingerprint density at radius 3 is 2.82 bits per heavy atom. The van der Waals surface area contributed by atoms with Gasteiger partial charge in [-0.2, -0.15) is 0 Å². The normalized spacial score (nSPS) is 17.6. The lowest BCUT2D eigenvalue weighted by Crippen LogP contribution is -2.42. The Hall–Kier alpha value is -2.66. The van der Waals surface area contributed by atoms with E-state index in [0.717, 1.165) is 62.2 Å². The summed E-state index contributed by atoms with van der Waals surface area (Å²) in [6.07, 6.45) is 3.82. The van der Waals surface area contributed by atoms with E-state index in [0.29, 0.717) is 6.54 Å². The number of nitrogens with one attached hydrogen (secondary N) is 2. The number of aromatic nitrogens is 2. The Balaban J connectivity index is 1.21. The summed E-state index contributed by atoms with van der Waals surface area (Å²) in [5.74, 6) is 1.29. The van der Waals surface area contributed by atoms with Gasteiger partial charge in [-0.15, -0.1) is 0 Å². The summed E-state index contributed by atoms with van der Waals surface area (Å²) in [5, 5.41) is 3.13. The SMILES string of the molecule is O=C(NCCCc1nc2ccccc2[nH]1)[C@H]1CCCN(Cc2ccccc2)C1. The molecular formula is C23H28N4O. The molecule has 0 unspecified atom stereocenters. The van der Waals surface area contributed by atoms with Crippen LogP contribution in [0, 0.1) is 5.92 Å². The van der Waals surface area contributed by atoms with Crippen molar-refractivity contribution in [3.8, 4) is 0 Å². The number of amides is 1. The van der Waals surface area contributed by atoms with Crippen molar-refractivity contribution >= 4 is 16.9 Å². The molecule has 0 bridgehead atoms. The zero-order chi connectivity index (χ0) is 19.2. The fraction of sp³-hybridized carbons (Fsp3) is 0.391. The van der Waals surface area contributed by atoms with Crippen LogP contribution in [0.5, 0.6) is 0 Å². The number of likely N-dealkylation sites (tertiary alicyclic amines) is 1. The Labute approximate surface area is 166 Å². The molecular weight excluding hydrogens is 348 g/mol. The van der Waals surface area contributed by atoms with Crippen LogP contribution < -0.4 is 5.32 Å². The minimum atomic E-state index is 0.101. The molecule has 1 aromatic heterocycles. The topological polar surface area (TPSA) is 61.0 Å². The molecule has 2 heterocycles. The highest BCUT2D eigenvalue weighted by Crippen LogP contribution is 2.19. The molecule has 0 saturated carbocycles. The Kier molecular flexibility index (Phi) is 6.02. The molecule has 0 radical (unpaired) electrons. The van der Waals surface area contributed by atoms with E-state index in [4.69, 9.17) is 0 Å². The van der Waals surface area contributed by atoms with Gasteiger partial charge in [0.15, 0.2) is 0 Å². The second kappa shape index (κ2) is 9.02. The van der Waals surface area contributed by atoms with Crippen LogP contribution in [0.1, 0.15) is 30.7 Å². The predicted octanol–water partition coefficient (Wildman–Crippen LogP) is 3.52. The van der Waals surface area contributed by atoms with Crippen molar-refractivity contribution in [2.45, 2.75) is 32.2 Å². The molecule has 28 heavy (non-hydrogen) atoms.